The maximum absolute atomic E-state index is 13.0. The second-order valence-corrected chi connectivity index (χ2v) is 9.02. The lowest BCUT2D eigenvalue weighted by molar-refractivity contribution is -0.120. The first-order chi connectivity index (χ1) is 14.2. The number of benzene rings is 1. The second-order valence-electron chi connectivity index (χ2n) is 7.14. The third-order valence-corrected chi connectivity index (χ3v) is 7.09. The van der Waals surface area contributed by atoms with Crippen molar-refractivity contribution < 1.29 is 27.3 Å². The van der Waals surface area contributed by atoms with Crippen molar-refractivity contribution in [2.45, 2.75) is 38.5 Å². The summed E-state index contributed by atoms with van der Waals surface area (Å²) in [5, 5.41) is 6.52. The average molecular weight is 436 g/mol. The molecule has 9 nitrogen and oxygen atoms in total. The predicted octanol–water partition coefficient (Wildman–Crippen LogP) is 2.51. The molecule has 0 saturated carbocycles. The van der Waals surface area contributed by atoms with Gasteiger partial charge < -0.3 is 14.6 Å². The van der Waals surface area contributed by atoms with Crippen molar-refractivity contribution in [3.05, 3.63) is 41.3 Å². The maximum atomic E-state index is 13.0. The number of rotatable bonds is 6. The van der Waals surface area contributed by atoms with Gasteiger partial charge in [0.05, 0.1) is 18.1 Å². The summed E-state index contributed by atoms with van der Waals surface area (Å²) in [5.41, 5.74) is 1.23. The third-order valence-electron chi connectivity index (χ3n) is 4.98. The average Bonchev–Trinajstić information content (AvgIpc) is 3.07. The number of piperidine rings is 1. The Balaban J connectivity index is 1.68. The van der Waals surface area contributed by atoms with Crippen LogP contribution in [0.4, 0.5) is 5.69 Å². The molecule has 0 radical (unpaired) electrons. The Morgan fingerprint density at radius 3 is 2.57 bits per heavy atom. The first kappa shape index (κ1) is 22.0. The van der Waals surface area contributed by atoms with E-state index in [1.165, 1.54) is 4.31 Å². The summed E-state index contributed by atoms with van der Waals surface area (Å²) in [6.45, 7) is 5.57. The van der Waals surface area contributed by atoms with Gasteiger partial charge in [0.1, 0.15) is 10.6 Å². The van der Waals surface area contributed by atoms with Crippen LogP contribution in [-0.4, -0.2) is 49.5 Å². The van der Waals surface area contributed by atoms with Crippen molar-refractivity contribution in [2.75, 3.05) is 25.0 Å². The van der Waals surface area contributed by atoms with Crippen LogP contribution in [0, 0.1) is 19.8 Å². The summed E-state index contributed by atoms with van der Waals surface area (Å²) in [4.78, 5) is 24.5. The standard InChI is InChI=1S/C20H25N3O6S/c1-4-28-20(25)15-7-9-17(10-8-15)21-19(24)16-6-5-11-23(12-16)30(26,27)18-13(2)22-29-14(18)3/h7-10,16H,4-6,11-12H2,1-3H3,(H,21,24). The molecule has 1 unspecified atom stereocenters. The minimum atomic E-state index is -3.79. The smallest absolute Gasteiger partial charge is 0.338 e. The molecule has 1 atom stereocenters. The minimum Gasteiger partial charge on any atom is -0.462 e. The lowest BCUT2D eigenvalue weighted by atomic mass is 9.98. The fraction of sp³-hybridized carbons (Fsp3) is 0.450. The number of anilines is 1. The van der Waals surface area contributed by atoms with Crippen molar-refractivity contribution >= 4 is 27.6 Å². The van der Waals surface area contributed by atoms with Gasteiger partial charge in [-0.1, -0.05) is 5.16 Å². The molecule has 0 bridgehead atoms. The Kier molecular flexibility index (Phi) is 6.57. The van der Waals surface area contributed by atoms with Crippen molar-refractivity contribution in [3.8, 4) is 0 Å². The molecule has 1 aromatic carbocycles. The molecular formula is C20H25N3O6S. The first-order valence-electron chi connectivity index (χ1n) is 9.75. The molecule has 3 rings (SSSR count). The van der Waals surface area contributed by atoms with Gasteiger partial charge in [0.25, 0.3) is 0 Å². The van der Waals surface area contributed by atoms with Gasteiger partial charge in [-0.25, -0.2) is 13.2 Å². The van der Waals surface area contributed by atoms with Crippen LogP contribution in [0.25, 0.3) is 0 Å². The van der Waals surface area contributed by atoms with Gasteiger partial charge in [0.15, 0.2) is 5.76 Å². The number of amides is 1. The summed E-state index contributed by atoms with van der Waals surface area (Å²) >= 11 is 0. The van der Waals surface area contributed by atoms with Crippen LogP contribution < -0.4 is 5.32 Å². The van der Waals surface area contributed by atoms with Crippen LogP contribution in [0.5, 0.6) is 0 Å². The van der Waals surface area contributed by atoms with Crippen LogP contribution in [-0.2, 0) is 19.6 Å². The normalized spacial score (nSPS) is 17.5. The van der Waals surface area contributed by atoms with Gasteiger partial charge in [-0.05, 0) is 57.9 Å². The highest BCUT2D eigenvalue weighted by Crippen LogP contribution is 2.28. The van der Waals surface area contributed by atoms with Crippen LogP contribution in [0.1, 0.15) is 41.6 Å². The van der Waals surface area contributed by atoms with Crippen LogP contribution in [0.3, 0.4) is 0 Å². The Hall–Kier alpha value is -2.72. The maximum Gasteiger partial charge on any atom is 0.338 e. The van der Waals surface area contributed by atoms with Crippen LogP contribution in [0.2, 0.25) is 0 Å². The molecule has 2 aromatic rings. The van der Waals surface area contributed by atoms with E-state index in [0.29, 0.717) is 36.3 Å². The number of sulfonamides is 1. The van der Waals surface area contributed by atoms with Crippen LogP contribution in [0.15, 0.2) is 33.7 Å². The highest BCUT2D eigenvalue weighted by molar-refractivity contribution is 7.89. The highest BCUT2D eigenvalue weighted by atomic mass is 32.2. The topological polar surface area (TPSA) is 119 Å². The fourth-order valence-electron chi connectivity index (χ4n) is 3.50. The lowest BCUT2D eigenvalue weighted by Gasteiger charge is -2.31. The predicted molar refractivity (Wildman–Crippen MR) is 108 cm³/mol. The number of esters is 1. The minimum absolute atomic E-state index is 0.0677. The number of nitrogens with one attached hydrogen (secondary N) is 1. The van der Waals surface area contributed by atoms with Gasteiger partial charge in [-0.15, -0.1) is 0 Å². The lowest BCUT2D eigenvalue weighted by Crippen LogP contribution is -2.43. The summed E-state index contributed by atoms with van der Waals surface area (Å²) in [7, 11) is -3.79. The van der Waals surface area contributed by atoms with Crippen molar-refractivity contribution in [2.24, 2.45) is 5.92 Å². The summed E-state index contributed by atoms with van der Waals surface area (Å²) in [6, 6.07) is 6.38. The van der Waals surface area contributed by atoms with Crippen molar-refractivity contribution in [1.29, 1.82) is 0 Å². The zero-order valence-electron chi connectivity index (χ0n) is 17.2. The molecule has 0 aliphatic carbocycles. The SMILES string of the molecule is CCOC(=O)c1ccc(NC(=O)C2CCCN(S(=O)(=O)c3c(C)noc3C)C2)cc1. The molecule has 1 aromatic heterocycles. The van der Waals surface area contributed by atoms with Crippen molar-refractivity contribution in [3.63, 3.8) is 0 Å². The van der Waals surface area contributed by atoms with Gasteiger partial charge >= 0.3 is 5.97 Å². The Morgan fingerprint density at radius 2 is 1.97 bits per heavy atom. The molecule has 1 N–H and O–H groups in total. The molecule has 1 amide bonds. The molecule has 0 spiro atoms. The monoisotopic (exact) mass is 435 g/mol. The molecule has 2 heterocycles. The molecule has 1 fully saturated rings. The molecule has 30 heavy (non-hydrogen) atoms. The molecule has 1 aliphatic rings. The van der Waals surface area contributed by atoms with Gasteiger partial charge in [-0.3, -0.25) is 4.79 Å². The number of aromatic nitrogens is 1. The van der Waals surface area contributed by atoms with Gasteiger partial charge in [0.2, 0.25) is 15.9 Å². The summed E-state index contributed by atoms with van der Waals surface area (Å²) in [5.74, 6) is -0.945. The number of nitrogens with zero attached hydrogens (tertiary/aromatic N) is 2. The summed E-state index contributed by atoms with van der Waals surface area (Å²) < 4.78 is 37.3. The van der Waals surface area contributed by atoms with E-state index in [0.717, 1.165) is 0 Å². The third kappa shape index (κ3) is 4.54. The number of carbonyl (C=O) groups is 2. The van der Waals surface area contributed by atoms with Gasteiger partial charge in [0, 0.05) is 18.8 Å². The largest absolute Gasteiger partial charge is 0.462 e. The number of aryl methyl sites for hydroxylation is 2. The highest BCUT2D eigenvalue weighted by Gasteiger charge is 2.36. The summed E-state index contributed by atoms with van der Waals surface area (Å²) in [6.07, 6.45) is 1.16. The van der Waals surface area contributed by atoms with Gasteiger partial charge in [-0.2, -0.15) is 4.31 Å². The number of hydrogen-bond donors (Lipinski definition) is 1. The van der Waals surface area contributed by atoms with E-state index in [4.69, 9.17) is 9.26 Å². The van der Waals surface area contributed by atoms with E-state index in [1.807, 2.05) is 0 Å². The molecule has 162 valence electrons. The van der Waals surface area contributed by atoms with E-state index in [-0.39, 0.29) is 29.7 Å². The van der Waals surface area contributed by atoms with Crippen molar-refractivity contribution in [1.82, 2.24) is 9.46 Å². The Bertz CT molecular complexity index is 1010. The Labute approximate surface area is 175 Å². The Morgan fingerprint density at radius 1 is 1.27 bits per heavy atom. The van der Waals surface area contributed by atoms with E-state index in [1.54, 1.807) is 45.0 Å². The fourth-order valence-corrected chi connectivity index (χ4v) is 5.31. The number of ether oxygens (including phenoxy) is 1. The number of carbonyl (C=O) groups excluding carboxylic acids is 2. The van der Waals surface area contributed by atoms with E-state index < -0.39 is 21.9 Å². The zero-order chi connectivity index (χ0) is 21.9. The molecule has 1 aliphatic heterocycles. The quantitative estimate of drug-likeness (QED) is 0.693. The molecular weight excluding hydrogens is 410 g/mol. The van der Waals surface area contributed by atoms with E-state index in [9.17, 15) is 18.0 Å². The second kappa shape index (κ2) is 8.97. The van der Waals surface area contributed by atoms with Crippen LogP contribution >= 0.6 is 0 Å². The molecule has 10 heteroatoms. The zero-order valence-corrected chi connectivity index (χ0v) is 18.0. The first-order valence-corrected chi connectivity index (χ1v) is 11.2. The molecule has 1 saturated heterocycles. The van der Waals surface area contributed by atoms with E-state index >= 15 is 0 Å². The number of hydrogen-bond acceptors (Lipinski definition) is 7. The van der Waals surface area contributed by atoms with E-state index in [2.05, 4.69) is 10.5 Å².